The highest BCUT2D eigenvalue weighted by molar-refractivity contribution is 7.89. The largest absolute Gasteiger partial charge is 0.398 e. The monoisotopic (exact) mass is 271 g/mol. The van der Waals surface area contributed by atoms with Gasteiger partial charge in [-0.15, -0.1) is 0 Å². The van der Waals surface area contributed by atoms with Crippen molar-refractivity contribution in [3.05, 3.63) is 18.2 Å². The van der Waals surface area contributed by atoms with E-state index in [1.165, 1.54) is 13.1 Å². The summed E-state index contributed by atoms with van der Waals surface area (Å²) in [5.41, 5.74) is 6.88. The fourth-order valence-corrected chi connectivity index (χ4v) is 2.56. The van der Waals surface area contributed by atoms with E-state index in [4.69, 9.17) is 5.73 Å². The topological polar surface area (TPSA) is 84.2 Å². The number of sulfonamides is 1. The van der Waals surface area contributed by atoms with Crippen molar-refractivity contribution in [2.45, 2.75) is 37.6 Å². The van der Waals surface area contributed by atoms with Crippen molar-refractivity contribution in [3.8, 4) is 0 Å². The number of benzene rings is 1. The summed E-state index contributed by atoms with van der Waals surface area (Å²) in [6.45, 7) is 4.20. The molecule has 0 amide bonds. The van der Waals surface area contributed by atoms with Gasteiger partial charge in [-0.1, -0.05) is 13.8 Å². The van der Waals surface area contributed by atoms with Gasteiger partial charge in [-0.25, -0.2) is 13.1 Å². The molecule has 0 unspecified atom stereocenters. The molecule has 0 radical (unpaired) electrons. The number of nitrogen functional groups attached to an aromatic ring is 1. The first-order valence-corrected chi connectivity index (χ1v) is 7.52. The van der Waals surface area contributed by atoms with Crippen molar-refractivity contribution < 1.29 is 8.42 Å². The van der Waals surface area contributed by atoms with Crippen LogP contribution in [0.5, 0.6) is 0 Å². The molecular weight excluding hydrogens is 250 g/mol. The third-order valence-corrected chi connectivity index (χ3v) is 4.41. The molecule has 0 atom stereocenters. The molecule has 0 aromatic heterocycles. The molecular formula is C12H21N3O2S. The Labute approximate surface area is 109 Å². The Hall–Kier alpha value is -1.27. The Morgan fingerprint density at radius 1 is 1.28 bits per heavy atom. The van der Waals surface area contributed by atoms with E-state index in [2.05, 4.69) is 23.9 Å². The van der Waals surface area contributed by atoms with Crippen LogP contribution in [0.15, 0.2) is 23.1 Å². The summed E-state index contributed by atoms with van der Waals surface area (Å²) in [7, 11) is -2.12. The zero-order valence-corrected chi connectivity index (χ0v) is 11.8. The lowest BCUT2D eigenvalue weighted by Gasteiger charge is -2.17. The first-order chi connectivity index (χ1) is 8.44. The van der Waals surface area contributed by atoms with Crippen molar-refractivity contribution >= 4 is 21.4 Å². The number of nitrogens with two attached hydrogens (primary N) is 1. The minimum Gasteiger partial charge on any atom is -0.398 e. The summed E-state index contributed by atoms with van der Waals surface area (Å²) in [6, 6.07) is 5.28. The van der Waals surface area contributed by atoms with Gasteiger partial charge in [0.25, 0.3) is 0 Å². The van der Waals surface area contributed by atoms with Gasteiger partial charge >= 0.3 is 0 Å². The molecule has 0 spiro atoms. The Morgan fingerprint density at radius 3 is 2.33 bits per heavy atom. The predicted molar refractivity (Wildman–Crippen MR) is 75.1 cm³/mol. The first-order valence-electron chi connectivity index (χ1n) is 6.04. The molecule has 0 aliphatic carbocycles. The van der Waals surface area contributed by atoms with Gasteiger partial charge < -0.3 is 11.1 Å². The average Bonchev–Trinajstić information content (AvgIpc) is 2.35. The van der Waals surface area contributed by atoms with E-state index in [-0.39, 0.29) is 10.6 Å². The quantitative estimate of drug-likeness (QED) is 0.689. The molecule has 0 heterocycles. The average molecular weight is 271 g/mol. The van der Waals surface area contributed by atoms with Gasteiger partial charge in [0.2, 0.25) is 10.0 Å². The van der Waals surface area contributed by atoms with Gasteiger partial charge in [-0.3, -0.25) is 0 Å². The Kier molecular flexibility index (Phi) is 4.98. The highest BCUT2D eigenvalue weighted by Gasteiger charge is 2.15. The molecule has 4 N–H and O–H groups in total. The molecule has 5 nitrogen and oxygen atoms in total. The summed E-state index contributed by atoms with van der Waals surface area (Å²) in [5.74, 6) is 0. The molecule has 18 heavy (non-hydrogen) atoms. The van der Waals surface area contributed by atoms with E-state index in [0.29, 0.717) is 6.04 Å². The molecule has 0 bridgehead atoms. The fourth-order valence-electron chi connectivity index (χ4n) is 1.72. The van der Waals surface area contributed by atoms with E-state index in [1.54, 1.807) is 12.1 Å². The third-order valence-electron chi connectivity index (χ3n) is 2.92. The van der Waals surface area contributed by atoms with E-state index in [1.807, 2.05) is 0 Å². The summed E-state index contributed by atoms with van der Waals surface area (Å²) < 4.78 is 25.6. The Balaban J connectivity index is 3.00. The van der Waals surface area contributed by atoms with Crippen LogP contribution in [-0.2, 0) is 10.0 Å². The summed E-state index contributed by atoms with van der Waals surface area (Å²) >= 11 is 0. The maximum absolute atomic E-state index is 11.7. The molecule has 0 aliphatic heterocycles. The lowest BCUT2D eigenvalue weighted by molar-refractivity contribution is 0.588. The molecule has 1 aromatic carbocycles. The number of nitrogens with one attached hydrogen (secondary N) is 2. The molecule has 0 aliphatic rings. The zero-order valence-electron chi connectivity index (χ0n) is 11.0. The Bertz CT molecular complexity index is 496. The summed E-state index contributed by atoms with van der Waals surface area (Å²) in [6.07, 6.45) is 2.01. The van der Waals surface area contributed by atoms with E-state index >= 15 is 0 Å². The van der Waals surface area contributed by atoms with Crippen LogP contribution < -0.4 is 15.8 Å². The van der Waals surface area contributed by atoms with Crippen molar-refractivity contribution in [3.63, 3.8) is 0 Å². The number of anilines is 2. The van der Waals surface area contributed by atoms with E-state index < -0.39 is 10.0 Å². The number of hydrogen-bond acceptors (Lipinski definition) is 4. The summed E-state index contributed by atoms with van der Waals surface area (Å²) in [5, 5.41) is 3.32. The molecule has 1 aromatic rings. The van der Waals surface area contributed by atoms with Gasteiger partial charge in [0.05, 0.1) is 5.69 Å². The number of hydrogen-bond donors (Lipinski definition) is 3. The minimum atomic E-state index is -3.49. The lowest BCUT2D eigenvalue weighted by atomic mass is 10.1. The lowest BCUT2D eigenvalue weighted by Crippen LogP contribution is -2.20. The zero-order chi connectivity index (χ0) is 13.8. The maximum atomic E-state index is 11.7. The van der Waals surface area contributed by atoms with Crippen molar-refractivity contribution in [2.75, 3.05) is 18.1 Å². The third kappa shape index (κ3) is 3.36. The molecule has 0 saturated carbocycles. The van der Waals surface area contributed by atoms with Crippen LogP contribution in [-0.4, -0.2) is 21.5 Å². The summed E-state index contributed by atoms with van der Waals surface area (Å²) in [4.78, 5) is 0.111. The van der Waals surface area contributed by atoms with Crippen LogP contribution in [0.25, 0.3) is 0 Å². The van der Waals surface area contributed by atoms with Crippen molar-refractivity contribution in [1.82, 2.24) is 4.72 Å². The molecule has 1 rings (SSSR count). The van der Waals surface area contributed by atoms with Crippen LogP contribution in [0.2, 0.25) is 0 Å². The molecule has 0 saturated heterocycles. The van der Waals surface area contributed by atoms with E-state index in [9.17, 15) is 8.42 Å². The van der Waals surface area contributed by atoms with Gasteiger partial charge in [-0.05, 0) is 38.1 Å². The second-order valence-corrected chi connectivity index (χ2v) is 5.97. The van der Waals surface area contributed by atoms with Gasteiger partial charge in [0.15, 0.2) is 0 Å². The fraction of sp³-hybridized carbons (Fsp3) is 0.500. The smallest absolute Gasteiger partial charge is 0.242 e. The molecule has 0 fully saturated rings. The number of rotatable bonds is 6. The van der Waals surface area contributed by atoms with Crippen LogP contribution in [0, 0.1) is 0 Å². The molecule has 102 valence electrons. The highest BCUT2D eigenvalue weighted by Crippen LogP contribution is 2.23. The standard InChI is InChI=1S/C12H21N3O2S/c1-4-9(5-2)15-10-6-7-12(11(13)8-10)18(16,17)14-3/h6-9,14-15H,4-5,13H2,1-3H3. The minimum absolute atomic E-state index is 0.111. The highest BCUT2D eigenvalue weighted by atomic mass is 32.2. The van der Waals surface area contributed by atoms with Crippen molar-refractivity contribution in [1.29, 1.82) is 0 Å². The first kappa shape index (κ1) is 14.8. The van der Waals surface area contributed by atoms with Gasteiger partial charge in [-0.2, -0.15) is 0 Å². The van der Waals surface area contributed by atoms with Crippen LogP contribution in [0.4, 0.5) is 11.4 Å². The van der Waals surface area contributed by atoms with Gasteiger partial charge in [0.1, 0.15) is 4.90 Å². The van der Waals surface area contributed by atoms with Crippen LogP contribution in [0.1, 0.15) is 26.7 Å². The van der Waals surface area contributed by atoms with Gasteiger partial charge in [0, 0.05) is 11.7 Å². The Morgan fingerprint density at radius 2 is 1.89 bits per heavy atom. The van der Waals surface area contributed by atoms with Crippen molar-refractivity contribution in [2.24, 2.45) is 0 Å². The second kappa shape index (κ2) is 6.06. The van der Waals surface area contributed by atoms with E-state index in [0.717, 1.165) is 18.5 Å². The normalized spacial score (nSPS) is 11.8. The van der Waals surface area contributed by atoms with Crippen LogP contribution in [0.3, 0.4) is 0 Å². The second-order valence-electron chi connectivity index (χ2n) is 4.12. The SMILES string of the molecule is CCC(CC)Nc1ccc(S(=O)(=O)NC)c(N)c1. The van der Waals surface area contributed by atoms with Crippen LogP contribution >= 0.6 is 0 Å². The molecule has 6 heteroatoms. The predicted octanol–water partition coefficient (Wildman–Crippen LogP) is 1.78. The maximum Gasteiger partial charge on any atom is 0.242 e.